The summed E-state index contributed by atoms with van der Waals surface area (Å²) in [7, 11) is 0. The fraction of sp³-hybridized carbons (Fsp3) is 0.400. The molecule has 4 rings (SSSR count). The van der Waals surface area contributed by atoms with E-state index in [0.29, 0.717) is 35.8 Å². The first-order valence-electron chi connectivity index (χ1n) is 13.5. The average Bonchev–Trinajstić information content (AvgIpc) is 2.94. The maximum absolute atomic E-state index is 14.0. The molecule has 3 aromatic rings. The van der Waals surface area contributed by atoms with E-state index >= 15 is 0 Å². The van der Waals surface area contributed by atoms with E-state index in [1.165, 1.54) is 25.4 Å². The molecule has 1 aliphatic rings. The molecular weight excluding hydrogens is 535 g/mol. The van der Waals surface area contributed by atoms with Crippen molar-refractivity contribution in [1.29, 1.82) is 0 Å². The number of ketones is 2. The predicted molar refractivity (Wildman–Crippen MR) is 149 cm³/mol. The highest BCUT2D eigenvalue weighted by Gasteiger charge is 2.34. The van der Waals surface area contributed by atoms with Gasteiger partial charge in [-0.15, -0.1) is 0 Å². The van der Waals surface area contributed by atoms with Gasteiger partial charge in [-0.05, 0) is 49.2 Å². The minimum atomic E-state index is -4.53. The van der Waals surface area contributed by atoms with Gasteiger partial charge in [0.15, 0.2) is 5.78 Å². The highest BCUT2D eigenvalue weighted by Crippen LogP contribution is 2.34. The molecule has 1 saturated heterocycles. The molecule has 2 aromatic carbocycles. The van der Waals surface area contributed by atoms with Crippen LogP contribution in [0.15, 0.2) is 48.8 Å². The summed E-state index contributed by atoms with van der Waals surface area (Å²) in [6, 6.07) is 10.6. The van der Waals surface area contributed by atoms with Gasteiger partial charge in [0, 0.05) is 50.8 Å². The number of halogens is 3. The Morgan fingerprint density at radius 1 is 1.00 bits per heavy atom. The molecule has 1 N–H and O–H groups in total. The molecule has 1 aromatic heterocycles. The Kier molecular flexibility index (Phi) is 9.72. The summed E-state index contributed by atoms with van der Waals surface area (Å²) in [6.07, 6.45) is -3.43. The van der Waals surface area contributed by atoms with Gasteiger partial charge >= 0.3 is 6.18 Å². The van der Waals surface area contributed by atoms with Crippen LogP contribution in [0.5, 0.6) is 11.6 Å². The molecule has 1 aliphatic heterocycles. The fourth-order valence-corrected chi connectivity index (χ4v) is 4.63. The van der Waals surface area contributed by atoms with Gasteiger partial charge in [-0.25, -0.2) is 9.97 Å². The van der Waals surface area contributed by atoms with Crippen LogP contribution in [0.2, 0.25) is 0 Å². The van der Waals surface area contributed by atoms with Crippen molar-refractivity contribution in [3.8, 4) is 11.6 Å². The number of likely N-dealkylation sites (N-methyl/N-ethyl adjacent to an activating group) is 1. The largest absolute Gasteiger partial charge is 0.439 e. The number of anilines is 1. The molecule has 41 heavy (non-hydrogen) atoms. The Labute approximate surface area is 237 Å². The predicted octanol–water partition coefficient (Wildman–Crippen LogP) is 5.16. The van der Waals surface area contributed by atoms with Gasteiger partial charge in [0.1, 0.15) is 23.7 Å². The van der Waals surface area contributed by atoms with Crippen LogP contribution in [0.25, 0.3) is 0 Å². The van der Waals surface area contributed by atoms with Crippen LogP contribution >= 0.6 is 0 Å². The minimum Gasteiger partial charge on any atom is -0.439 e. The van der Waals surface area contributed by atoms with Crippen LogP contribution in [-0.4, -0.2) is 70.6 Å². The number of hydrogen-bond acceptors (Lipinski definition) is 8. The molecule has 11 heteroatoms. The van der Waals surface area contributed by atoms with Crippen molar-refractivity contribution in [2.24, 2.45) is 0 Å². The van der Waals surface area contributed by atoms with Crippen LogP contribution in [0.4, 0.5) is 19.0 Å². The third kappa shape index (κ3) is 8.34. The zero-order valence-electron chi connectivity index (χ0n) is 23.4. The number of benzene rings is 2. The zero-order valence-corrected chi connectivity index (χ0v) is 23.4. The van der Waals surface area contributed by atoms with E-state index in [4.69, 9.17) is 4.74 Å². The van der Waals surface area contributed by atoms with Gasteiger partial charge < -0.3 is 15.0 Å². The second-order valence-electron chi connectivity index (χ2n) is 10.2. The number of aryl methyl sites for hydroxylation is 1. The van der Waals surface area contributed by atoms with Crippen molar-refractivity contribution in [3.63, 3.8) is 0 Å². The number of alkyl halides is 3. The second-order valence-corrected chi connectivity index (χ2v) is 10.2. The molecule has 0 spiro atoms. The molecule has 0 bridgehead atoms. The second kappa shape index (κ2) is 13.2. The number of piperazine rings is 1. The number of nitrogens with zero attached hydrogens (tertiary/aromatic N) is 4. The number of rotatable bonds is 11. The molecule has 0 unspecified atom stereocenters. The van der Waals surface area contributed by atoms with Crippen molar-refractivity contribution in [2.45, 2.75) is 39.9 Å². The van der Waals surface area contributed by atoms with E-state index in [1.54, 1.807) is 31.2 Å². The van der Waals surface area contributed by atoms with E-state index < -0.39 is 11.7 Å². The summed E-state index contributed by atoms with van der Waals surface area (Å²) in [6.45, 7) is 9.68. The van der Waals surface area contributed by atoms with Gasteiger partial charge in [0.25, 0.3) is 0 Å². The third-order valence-electron chi connectivity index (χ3n) is 7.04. The van der Waals surface area contributed by atoms with Crippen LogP contribution in [-0.2, 0) is 23.9 Å². The topological polar surface area (TPSA) is 87.7 Å². The monoisotopic (exact) mass is 569 g/mol. The van der Waals surface area contributed by atoms with Crippen LogP contribution in [0.1, 0.15) is 46.5 Å². The molecule has 0 atom stereocenters. The number of aromatic nitrogens is 2. The minimum absolute atomic E-state index is 0.0596. The van der Waals surface area contributed by atoms with Crippen molar-refractivity contribution < 1.29 is 27.5 Å². The average molecular weight is 570 g/mol. The first kappa shape index (κ1) is 30.1. The maximum Gasteiger partial charge on any atom is 0.416 e. The maximum atomic E-state index is 14.0. The lowest BCUT2D eigenvalue weighted by Crippen LogP contribution is -2.45. The Bertz CT molecular complexity index is 1390. The SMILES string of the molecule is CCN1CCN(Cc2ccc(CC(=O)c3ccc(C)c(Oc4cc(NCC(C)=O)ncn4)c3)cc2C(F)(F)F)CC1. The molecule has 2 heterocycles. The van der Waals surface area contributed by atoms with Crippen LogP contribution in [0, 0.1) is 6.92 Å². The summed E-state index contributed by atoms with van der Waals surface area (Å²) in [5.74, 6) is 0.595. The summed E-state index contributed by atoms with van der Waals surface area (Å²) in [4.78, 5) is 36.8. The van der Waals surface area contributed by atoms with Crippen molar-refractivity contribution >= 4 is 17.4 Å². The Morgan fingerprint density at radius 2 is 1.73 bits per heavy atom. The molecule has 0 amide bonds. The molecule has 218 valence electrons. The third-order valence-corrected chi connectivity index (χ3v) is 7.04. The van der Waals surface area contributed by atoms with Crippen LogP contribution < -0.4 is 10.1 Å². The Hall–Kier alpha value is -3.83. The van der Waals surface area contributed by atoms with Gasteiger partial charge in [-0.3, -0.25) is 14.5 Å². The highest BCUT2D eigenvalue weighted by atomic mass is 19.4. The van der Waals surface area contributed by atoms with E-state index in [0.717, 1.165) is 31.3 Å². The van der Waals surface area contributed by atoms with Crippen LogP contribution in [0.3, 0.4) is 0 Å². The first-order chi connectivity index (χ1) is 19.5. The molecular formula is C30H34F3N5O3. The molecule has 8 nitrogen and oxygen atoms in total. The summed E-state index contributed by atoms with van der Waals surface area (Å²) in [5.41, 5.74) is 0.850. The Morgan fingerprint density at radius 3 is 2.41 bits per heavy atom. The standard InChI is InChI=1S/C30H34F3N5O3/c1-4-37-9-11-38(12-10-37)18-24-8-6-22(13-25(24)30(31,32)33)14-26(40)23-7-5-20(2)27(15-23)41-29-16-28(35-19-36-29)34-17-21(3)39/h5-8,13,15-16,19H,4,9-12,14,17-18H2,1-3H3,(H,34,35,36). The first-order valence-corrected chi connectivity index (χ1v) is 13.5. The number of nitrogens with one attached hydrogen (secondary N) is 1. The molecule has 1 fully saturated rings. The smallest absolute Gasteiger partial charge is 0.416 e. The number of hydrogen-bond donors (Lipinski definition) is 1. The van der Waals surface area contributed by atoms with E-state index in [-0.39, 0.29) is 42.5 Å². The summed E-state index contributed by atoms with van der Waals surface area (Å²) in [5, 5.41) is 2.87. The summed E-state index contributed by atoms with van der Waals surface area (Å²) < 4.78 is 47.9. The van der Waals surface area contributed by atoms with Crippen molar-refractivity contribution in [3.05, 3.63) is 76.6 Å². The zero-order chi connectivity index (χ0) is 29.6. The van der Waals surface area contributed by atoms with E-state index in [1.807, 2.05) is 4.90 Å². The number of ether oxygens (including phenoxy) is 1. The number of carbonyl (C=O) groups is 2. The normalized spacial score (nSPS) is 14.6. The van der Waals surface area contributed by atoms with Crippen molar-refractivity contribution in [2.75, 3.05) is 44.6 Å². The lowest BCUT2D eigenvalue weighted by molar-refractivity contribution is -0.138. The highest BCUT2D eigenvalue weighted by molar-refractivity contribution is 5.98. The van der Waals surface area contributed by atoms with Gasteiger partial charge in [-0.1, -0.05) is 31.2 Å². The Balaban J connectivity index is 1.47. The van der Waals surface area contributed by atoms with E-state index in [2.05, 4.69) is 27.1 Å². The van der Waals surface area contributed by atoms with E-state index in [9.17, 15) is 22.8 Å². The number of carbonyl (C=O) groups excluding carboxylic acids is 2. The van der Waals surface area contributed by atoms with Gasteiger partial charge in [-0.2, -0.15) is 13.2 Å². The quantitative estimate of drug-likeness (QED) is 0.317. The van der Waals surface area contributed by atoms with Crippen molar-refractivity contribution in [1.82, 2.24) is 19.8 Å². The van der Waals surface area contributed by atoms with Gasteiger partial charge in [0.2, 0.25) is 5.88 Å². The lowest BCUT2D eigenvalue weighted by Gasteiger charge is -2.34. The summed E-state index contributed by atoms with van der Waals surface area (Å²) >= 11 is 0. The molecule has 0 radical (unpaired) electrons. The molecule has 0 saturated carbocycles. The number of Topliss-reactive ketones (excluding diaryl/α,β-unsaturated/α-hetero) is 2. The van der Waals surface area contributed by atoms with Gasteiger partial charge in [0.05, 0.1) is 12.1 Å². The lowest BCUT2D eigenvalue weighted by atomic mass is 9.97. The molecule has 0 aliphatic carbocycles. The fourth-order valence-electron chi connectivity index (χ4n) is 4.63.